The van der Waals surface area contributed by atoms with Gasteiger partial charge in [0.2, 0.25) is 0 Å². The lowest BCUT2D eigenvalue weighted by atomic mass is 10.1. The van der Waals surface area contributed by atoms with Gasteiger partial charge < -0.3 is 5.32 Å². The molecule has 0 unspecified atom stereocenters. The Hall–Kier alpha value is -2.24. The van der Waals surface area contributed by atoms with E-state index in [0.717, 1.165) is 42.0 Å². The van der Waals surface area contributed by atoms with Crippen LogP contribution in [0.3, 0.4) is 0 Å². The molecular weight excluding hydrogens is 366 g/mol. The fourth-order valence-corrected chi connectivity index (χ4v) is 4.24. The lowest BCUT2D eigenvalue weighted by Gasteiger charge is -2.24. The first-order chi connectivity index (χ1) is 13.6. The molecule has 0 saturated carbocycles. The molecule has 1 aromatic heterocycles. The molecule has 4 nitrogen and oxygen atoms in total. The third-order valence-corrected chi connectivity index (χ3v) is 6.03. The Morgan fingerprint density at radius 3 is 2.57 bits per heavy atom. The van der Waals surface area contributed by atoms with Gasteiger partial charge in [-0.25, -0.2) is 4.98 Å². The number of benzene rings is 2. The van der Waals surface area contributed by atoms with Crippen LogP contribution in [-0.2, 0) is 13.0 Å². The van der Waals surface area contributed by atoms with Crippen LogP contribution >= 0.6 is 11.3 Å². The monoisotopic (exact) mass is 395 g/mol. The minimum Gasteiger partial charge on any atom is -0.352 e. The summed E-state index contributed by atoms with van der Waals surface area (Å²) in [7, 11) is 0. The minimum atomic E-state index is -0.00735. The fourth-order valence-electron chi connectivity index (χ4n) is 3.23. The van der Waals surface area contributed by atoms with Crippen molar-refractivity contribution in [3.05, 3.63) is 64.7 Å². The molecule has 5 heteroatoms. The van der Waals surface area contributed by atoms with Crippen LogP contribution < -0.4 is 5.32 Å². The summed E-state index contributed by atoms with van der Waals surface area (Å²) in [4.78, 5) is 19.4. The van der Waals surface area contributed by atoms with Gasteiger partial charge >= 0.3 is 0 Å². The van der Waals surface area contributed by atoms with Crippen molar-refractivity contribution in [2.75, 3.05) is 13.1 Å². The summed E-state index contributed by atoms with van der Waals surface area (Å²) in [6.45, 7) is 9.19. The number of rotatable bonds is 9. The molecule has 148 valence electrons. The molecule has 1 N–H and O–H groups in total. The average Bonchev–Trinajstić information content (AvgIpc) is 3.12. The van der Waals surface area contributed by atoms with Gasteiger partial charge in [0.1, 0.15) is 0 Å². The van der Waals surface area contributed by atoms with Crippen molar-refractivity contribution in [1.29, 1.82) is 0 Å². The van der Waals surface area contributed by atoms with Gasteiger partial charge in [0.15, 0.2) is 0 Å². The van der Waals surface area contributed by atoms with Gasteiger partial charge in [-0.2, -0.15) is 0 Å². The highest BCUT2D eigenvalue weighted by Crippen LogP contribution is 2.22. The third kappa shape index (κ3) is 5.40. The highest BCUT2D eigenvalue weighted by Gasteiger charge is 2.09. The zero-order valence-corrected chi connectivity index (χ0v) is 17.8. The Morgan fingerprint density at radius 1 is 1.14 bits per heavy atom. The number of aryl methyl sites for hydroxylation is 1. The van der Waals surface area contributed by atoms with Gasteiger partial charge in [-0.1, -0.05) is 31.2 Å². The van der Waals surface area contributed by atoms with Crippen LogP contribution in [0.5, 0.6) is 0 Å². The van der Waals surface area contributed by atoms with Crippen molar-refractivity contribution >= 4 is 27.5 Å². The normalized spacial score (nSPS) is 11.5. The van der Waals surface area contributed by atoms with Crippen LogP contribution in [-0.4, -0.2) is 34.9 Å². The predicted octanol–water partition coefficient (Wildman–Crippen LogP) is 4.89. The second kappa shape index (κ2) is 9.80. The van der Waals surface area contributed by atoms with Crippen LogP contribution in [0.1, 0.15) is 48.1 Å². The van der Waals surface area contributed by atoms with Crippen molar-refractivity contribution < 1.29 is 4.79 Å². The van der Waals surface area contributed by atoms with Crippen molar-refractivity contribution in [3.63, 3.8) is 0 Å². The number of fused-ring (bicyclic) bond motifs is 1. The van der Waals surface area contributed by atoms with Crippen LogP contribution in [0.25, 0.3) is 10.2 Å². The molecule has 0 aliphatic rings. The molecule has 0 atom stereocenters. The van der Waals surface area contributed by atoms with Gasteiger partial charge in [0, 0.05) is 31.1 Å². The second-order valence-electron chi connectivity index (χ2n) is 7.29. The van der Waals surface area contributed by atoms with E-state index in [1.54, 1.807) is 11.3 Å². The summed E-state index contributed by atoms with van der Waals surface area (Å²) >= 11 is 1.73. The number of carbonyl (C=O) groups excluding carboxylic acids is 1. The third-order valence-electron chi connectivity index (χ3n) is 4.93. The first-order valence-corrected chi connectivity index (χ1v) is 10.8. The van der Waals surface area contributed by atoms with Crippen molar-refractivity contribution in [3.8, 4) is 0 Å². The van der Waals surface area contributed by atoms with Gasteiger partial charge in [-0.15, -0.1) is 11.3 Å². The number of aromatic nitrogens is 1. The predicted molar refractivity (Wildman–Crippen MR) is 118 cm³/mol. The topological polar surface area (TPSA) is 45.2 Å². The molecule has 1 amide bonds. The van der Waals surface area contributed by atoms with E-state index in [9.17, 15) is 4.79 Å². The number of carbonyl (C=O) groups is 1. The molecule has 3 rings (SSSR count). The van der Waals surface area contributed by atoms with Crippen LogP contribution in [0.4, 0.5) is 0 Å². The van der Waals surface area contributed by atoms with Gasteiger partial charge in [0.05, 0.1) is 15.2 Å². The fraction of sp³-hybridized carbons (Fsp3) is 0.391. The van der Waals surface area contributed by atoms with Gasteiger partial charge in [-0.05, 0) is 56.6 Å². The average molecular weight is 396 g/mol. The van der Waals surface area contributed by atoms with Crippen molar-refractivity contribution in [2.24, 2.45) is 0 Å². The van der Waals surface area contributed by atoms with E-state index in [-0.39, 0.29) is 5.91 Å². The maximum atomic E-state index is 12.4. The minimum absolute atomic E-state index is 0.00735. The second-order valence-corrected chi connectivity index (χ2v) is 8.40. The van der Waals surface area contributed by atoms with E-state index >= 15 is 0 Å². The largest absolute Gasteiger partial charge is 0.352 e. The number of hydrogen-bond acceptors (Lipinski definition) is 4. The summed E-state index contributed by atoms with van der Waals surface area (Å²) < 4.78 is 1.22. The molecule has 0 fully saturated rings. The van der Waals surface area contributed by atoms with Crippen LogP contribution in [0.2, 0.25) is 0 Å². The van der Waals surface area contributed by atoms with Crippen molar-refractivity contribution in [2.45, 2.75) is 46.2 Å². The number of para-hydroxylation sites is 1. The number of amides is 1. The molecule has 0 bridgehead atoms. The van der Waals surface area contributed by atoms with Crippen LogP contribution in [0.15, 0.2) is 48.5 Å². The zero-order chi connectivity index (χ0) is 19.9. The molecule has 28 heavy (non-hydrogen) atoms. The van der Waals surface area contributed by atoms with E-state index in [1.165, 1.54) is 10.3 Å². The van der Waals surface area contributed by atoms with Crippen molar-refractivity contribution in [1.82, 2.24) is 15.2 Å². The quantitative estimate of drug-likeness (QED) is 0.525. The molecule has 2 aromatic carbocycles. The Bertz CT molecular complexity index is 869. The summed E-state index contributed by atoms with van der Waals surface area (Å²) in [5.41, 5.74) is 3.02. The summed E-state index contributed by atoms with van der Waals surface area (Å²) in [5.74, 6) is -0.00735. The molecule has 3 aromatic rings. The summed E-state index contributed by atoms with van der Waals surface area (Å²) in [6, 6.07) is 16.7. The highest BCUT2D eigenvalue weighted by molar-refractivity contribution is 7.18. The number of nitrogens with zero attached hydrogens (tertiary/aromatic N) is 2. The Morgan fingerprint density at radius 2 is 1.89 bits per heavy atom. The SMILES string of the molecule is CCN(Cc1ccc(C(=O)NCCCc2nc3ccccc3s2)cc1)C(C)C. The summed E-state index contributed by atoms with van der Waals surface area (Å²) in [5, 5.41) is 4.15. The number of thiazole rings is 1. The van der Waals surface area contributed by atoms with Gasteiger partial charge in [-0.3, -0.25) is 9.69 Å². The smallest absolute Gasteiger partial charge is 0.251 e. The van der Waals surface area contributed by atoms with E-state index < -0.39 is 0 Å². The summed E-state index contributed by atoms with van der Waals surface area (Å²) in [6.07, 6.45) is 1.78. The molecule has 0 aliphatic heterocycles. The lowest BCUT2D eigenvalue weighted by Crippen LogP contribution is -2.30. The Labute approximate surface area is 171 Å². The molecular formula is C23H29N3OS. The first kappa shape index (κ1) is 20.5. The van der Waals surface area contributed by atoms with E-state index in [2.05, 4.69) is 54.2 Å². The number of hydrogen-bond donors (Lipinski definition) is 1. The van der Waals surface area contributed by atoms with E-state index in [4.69, 9.17) is 0 Å². The van der Waals surface area contributed by atoms with E-state index in [0.29, 0.717) is 12.6 Å². The molecule has 0 spiro atoms. The van der Waals surface area contributed by atoms with E-state index in [1.807, 2.05) is 30.3 Å². The maximum Gasteiger partial charge on any atom is 0.251 e. The standard InChI is InChI=1S/C23H29N3OS/c1-4-26(17(2)3)16-18-11-13-19(14-12-18)23(27)24-15-7-10-22-25-20-8-5-6-9-21(20)28-22/h5-6,8-9,11-14,17H,4,7,10,15-16H2,1-3H3,(H,24,27). The maximum absolute atomic E-state index is 12.4. The first-order valence-electron chi connectivity index (χ1n) is 10.0. The number of nitrogens with one attached hydrogen (secondary N) is 1. The van der Waals surface area contributed by atoms with Crippen LogP contribution in [0, 0.1) is 0 Å². The molecule has 1 heterocycles. The molecule has 0 radical (unpaired) electrons. The Balaban J connectivity index is 1.45. The molecule has 0 saturated heterocycles. The highest BCUT2D eigenvalue weighted by atomic mass is 32.1. The Kier molecular flexibility index (Phi) is 7.18. The van der Waals surface area contributed by atoms with Gasteiger partial charge in [0.25, 0.3) is 5.91 Å². The lowest BCUT2D eigenvalue weighted by molar-refractivity contribution is 0.0953. The zero-order valence-electron chi connectivity index (χ0n) is 16.9. The molecule has 0 aliphatic carbocycles.